The number of nitrogens with two attached hydrogens (primary N) is 1. The van der Waals surface area contributed by atoms with Crippen molar-refractivity contribution in [2.24, 2.45) is 5.73 Å². The van der Waals surface area contributed by atoms with Crippen LogP contribution in [0.5, 0.6) is 0 Å². The third kappa shape index (κ3) is 2.03. The predicted molar refractivity (Wildman–Crippen MR) is 73.3 cm³/mol. The highest BCUT2D eigenvalue weighted by Crippen LogP contribution is 2.31. The highest BCUT2D eigenvalue weighted by molar-refractivity contribution is 7.21. The van der Waals surface area contributed by atoms with Gasteiger partial charge in [0.2, 0.25) is 0 Å². The third-order valence-electron chi connectivity index (χ3n) is 2.48. The molecule has 6 heteroatoms. The van der Waals surface area contributed by atoms with Crippen molar-refractivity contribution in [3.63, 3.8) is 0 Å². The maximum absolute atomic E-state index is 13.1. The summed E-state index contributed by atoms with van der Waals surface area (Å²) in [5.74, 6) is -0.243. The average Bonchev–Trinajstić information content (AvgIpc) is 2.93. The molecule has 0 radical (unpaired) electrons. The van der Waals surface area contributed by atoms with E-state index in [1.807, 2.05) is 12.3 Å². The summed E-state index contributed by atoms with van der Waals surface area (Å²) in [6, 6.07) is 4.52. The molecular formula is C12H10FN3S2. The average molecular weight is 279 g/mol. The van der Waals surface area contributed by atoms with Crippen molar-refractivity contribution in [2.75, 3.05) is 0 Å². The summed E-state index contributed by atoms with van der Waals surface area (Å²) in [5.41, 5.74) is 7.39. The minimum atomic E-state index is -0.243. The van der Waals surface area contributed by atoms with Gasteiger partial charge in [-0.05, 0) is 25.1 Å². The van der Waals surface area contributed by atoms with Crippen LogP contribution < -0.4 is 5.73 Å². The number of nitrogens with zero attached hydrogens (tertiary/aromatic N) is 2. The normalized spacial score (nSPS) is 13.1. The second-order valence-corrected chi connectivity index (χ2v) is 5.91. The Morgan fingerprint density at radius 1 is 1.33 bits per heavy atom. The Balaban J connectivity index is 2.07. The second-order valence-electron chi connectivity index (χ2n) is 3.99. The van der Waals surface area contributed by atoms with E-state index >= 15 is 0 Å². The fourth-order valence-electron chi connectivity index (χ4n) is 1.60. The van der Waals surface area contributed by atoms with Crippen LogP contribution in [0.3, 0.4) is 0 Å². The molecule has 92 valence electrons. The molecule has 0 spiro atoms. The van der Waals surface area contributed by atoms with Gasteiger partial charge in [0.15, 0.2) is 0 Å². The van der Waals surface area contributed by atoms with E-state index in [1.165, 1.54) is 34.8 Å². The van der Waals surface area contributed by atoms with E-state index in [-0.39, 0.29) is 11.9 Å². The van der Waals surface area contributed by atoms with Crippen LogP contribution in [0, 0.1) is 5.82 Å². The molecule has 0 bridgehead atoms. The third-order valence-corrected chi connectivity index (χ3v) is 4.57. The smallest absolute Gasteiger partial charge is 0.143 e. The molecule has 1 atom stereocenters. The molecule has 2 N–H and O–H groups in total. The van der Waals surface area contributed by atoms with Gasteiger partial charge in [-0.1, -0.05) is 0 Å². The van der Waals surface area contributed by atoms with Crippen LogP contribution in [0.4, 0.5) is 4.39 Å². The zero-order valence-electron chi connectivity index (χ0n) is 9.55. The summed E-state index contributed by atoms with van der Waals surface area (Å²) in [5, 5.41) is 3.63. The number of aromatic nitrogens is 2. The first-order chi connectivity index (χ1) is 8.63. The van der Waals surface area contributed by atoms with Crippen LogP contribution in [0.15, 0.2) is 23.6 Å². The number of hydrogen-bond donors (Lipinski definition) is 1. The first-order valence-corrected chi connectivity index (χ1v) is 7.10. The van der Waals surface area contributed by atoms with Crippen molar-refractivity contribution >= 4 is 32.9 Å². The van der Waals surface area contributed by atoms with Crippen molar-refractivity contribution in [3.05, 3.63) is 34.4 Å². The molecule has 0 amide bonds. The zero-order valence-corrected chi connectivity index (χ0v) is 11.2. The Kier molecular flexibility index (Phi) is 2.85. The number of benzene rings is 1. The van der Waals surface area contributed by atoms with Crippen LogP contribution in [0.2, 0.25) is 0 Å². The summed E-state index contributed by atoms with van der Waals surface area (Å²) in [7, 11) is 0. The van der Waals surface area contributed by atoms with Crippen molar-refractivity contribution in [1.29, 1.82) is 0 Å². The summed E-state index contributed by atoms with van der Waals surface area (Å²) in [4.78, 5) is 8.90. The number of halogens is 1. The minimum absolute atomic E-state index is 0.0735. The number of fused-ring (bicyclic) bond motifs is 1. The maximum atomic E-state index is 13.1. The first kappa shape index (κ1) is 11.7. The van der Waals surface area contributed by atoms with Crippen LogP contribution in [0.25, 0.3) is 20.9 Å². The Morgan fingerprint density at radius 2 is 2.17 bits per heavy atom. The van der Waals surface area contributed by atoms with Crippen LogP contribution >= 0.6 is 22.7 Å². The van der Waals surface area contributed by atoms with Crippen LogP contribution in [-0.4, -0.2) is 9.97 Å². The Labute approximate surface area is 111 Å². The fourth-order valence-corrected chi connectivity index (χ4v) is 3.39. The molecule has 3 aromatic rings. The molecule has 0 aliphatic rings. The molecular weight excluding hydrogens is 269 g/mol. The van der Waals surface area contributed by atoms with E-state index in [0.717, 1.165) is 25.9 Å². The molecule has 0 saturated heterocycles. The molecule has 0 aliphatic carbocycles. The summed E-state index contributed by atoms with van der Waals surface area (Å²) >= 11 is 2.96. The van der Waals surface area contributed by atoms with Crippen molar-refractivity contribution < 1.29 is 4.39 Å². The standard InChI is InChI=1S/C12H10FN3S2/c1-6(14)11-16-9(5-17-11)12-15-8-3-2-7(13)4-10(8)18-12/h2-6H,14H2,1H3. The molecule has 3 nitrogen and oxygen atoms in total. The lowest BCUT2D eigenvalue weighted by Gasteiger charge is -1.96. The molecule has 0 aliphatic heterocycles. The molecule has 2 heterocycles. The lowest BCUT2D eigenvalue weighted by Crippen LogP contribution is -2.03. The Bertz CT molecular complexity index is 702. The zero-order chi connectivity index (χ0) is 12.7. The van der Waals surface area contributed by atoms with Gasteiger partial charge < -0.3 is 5.73 Å². The van der Waals surface area contributed by atoms with Gasteiger partial charge in [-0.3, -0.25) is 0 Å². The topological polar surface area (TPSA) is 51.8 Å². The lowest BCUT2D eigenvalue weighted by molar-refractivity contribution is 0.630. The van der Waals surface area contributed by atoms with Crippen LogP contribution in [0.1, 0.15) is 18.0 Å². The molecule has 0 saturated carbocycles. The summed E-state index contributed by atoms with van der Waals surface area (Å²) in [6.07, 6.45) is 0. The lowest BCUT2D eigenvalue weighted by atomic mass is 10.3. The van der Waals surface area contributed by atoms with E-state index in [1.54, 1.807) is 6.07 Å². The quantitative estimate of drug-likeness (QED) is 0.780. The number of thiazole rings is 2. The predicted octanol–water partition coefficient (Wildman–Crippen LogP) is 3.58. The maximum Gasteiger partial charge on any atom is 0.143 e. The number of rotatable bonds is 2. The van der Waals surface area contributed by atoms with Crippen LogP contribution in [-0.2, 0) is 0 Å². The van der Waals surface area contributed by atoms with Gasteiger partial charge in [0.05, 0.1) is 16.3 Å². The highest BCUT2D eigenvalue weighted by Gasteiger charge is 2.12. The van der Waals surface area contributed by atoms with Gasteiger partial charge in [-0.15, -0.1) is 22.7 Å². The van der Waals surface area contributed by atoms with Crippen molar-refractivity contribution in [3.8, 4) is 10.7 Å². The second kappa shape index (κ2) is 4.38. The van der Waals surface area contributed by atoms with Gasteiger partial charge in [0.1, 0.15) is 21.5 Å². The van der Waals surface area contributed by atoms with Gasteiger partial charge in [0, 0.05) is 5.38 Å². The molecule has 2 aromatic heterocycles. The van der Waals surface area contributed by atoms with Crippen molar-refractivity contribution in [1.82, 2.24) is 9.97 Å². The highest BCUT2D eigenvalue weighted by atomic mass is 32.1. The van der Waals surface area contributed by atoms with Gasteiger partial charge in [-0.2, -0.15) is 0 Å². The summed E-state index contributed by atoms with van der Waals surface area (Å²) in [6.45, 7) is 1.90. The van der Waals surface area contributed by atoms with Gasteiger partial charge in [0.25, 0.3) is 0 Å². The van der Waals surface area contributed by atoms with Gasteiger partial charge >= 0.3 is 0 Å². The van der Waals surface area contributed by atoms with E-state index < -0.39 is 0 Å². The van der Waals surface area contributed by atoms with E-state index in [9.17, 15) is 4.39 Å². The van der Waals surface area contributed by atoms with E-state index in [4.69, 9.17) is 5.73 Å². The number of hydrogen-bond acceptors (Lipinski definition) is 5. The van der Waals surface area contributed by atoms with E-state index in [2.05, 4.69) is 9.97 Å². The first-order valence-electron chi connectivity index (χ1n) is 5.41. The molecule has 1 unspecified atom stereocenters. The van der Waals surface area contributed by atoms with Gasteiger partial charge in [-0.25, -0.2) is 14.4 Å². The minimum Gasteiger partial charge on any atom is -0.322 e. The monoisotopic (exact) mass is 279 g/mol. The Morgan fingerprint density at radius 3 is 2.89 bits per heavy atom. The Hall–Kier alpha value is -1.37. The summed E-state index contributed by atoms with van der Waals surface area (Å²) < 4.78 is 13.9. The molecule has 1 aromatic carbocycles. The van der Waals surface area contributed by atoms with E-state index in [0.29, 0.717) is 0 Å². The van der Waals surface area contributed by atoms with Crippen molar-refractivity contribution in [2.45, 2.75) is 13.0 Å². The fraction of sp³-hybridized carbons (Fsp3) is 0.167. The molecule has 18 heavy (non-hydrogen) atoms. The molecule has 3 rings (SSSR count). The molecule has 0 fully saturated rings. The SMILES string of the molecule is CC(N)c1nc(-c2nc3ccc(F)cc3s2)cs1. The largest absolute Gasteiger partial charge is 0.322 e.